The Labute approximate surface area is 107 Å². The van der Waals surface area contributed by atoms with Gasteiger partial charge in [0, 0.05) is 7.05 Å². The first-order valence-corrected chi connectivity index (χ1v) is 5.79. The third-order valence-electron chi connectivity index (χ3n) is 3.36. The zero-order valence-electron chi connectivity index (χ0n) is 10.1. The molecule has 2 fully saturated rings. The molecule has 0 aliphatic carbocycles. The molecular weight excluding hydrogens is 254 g/mol. The maximum Gasteiger partial charge on any atom is 0.341 e. The third-order valence-corrected chi connectivity index (χ3v) is 3.36. The molecule has 1 aromatic heterocycles. The fourth-order valence-electron chi connectivity index (χ4n) is 2.45. The van der Waals surface area contributed by atoms with E-state index >= 15 is 0 Å². The molecule has 8 heteroatoms. The fourth-order valence-corrected chi connectivity index (χ4v) is 2.45. The van der Waals surface area contributed by atoms with Crippen LogP contribution in [0.5, 0.6) is 0 Å². The van der Waals surface area contributed by atoms with Gasteiger partial charge in [-0.25, -0.2) is 9.69 Å². The van der Waals surface area contributed by atoms with Gasteiger partial charge in [0.05, 0.1) is 6.20 Å². The molecule has 2 bridgehead atoms. The number of aryl methyl sites for hydroxylation is 1. The third kappa shape index (κ3) is 1.56. The zero-order chi connectivity index (χ0) is 13.7. The molecule has 2 amide bonds. The molecule has 0 radical (unpaired) electrons. The number of hydrogen-bond acceptors (Lipinski definition) is 5. The van der Waals surface area contributed by atoms with Crippen LogP contribution < -0.4 is 4.90 Å². The lowest BCUT2D eigenvalue weighted by molar-refractivity contribution is -0.147. The van der Waals surface area contributed by atoms with Crippen molar-refractivity contribution in [1.29, 1.82) is 0 Å². The summed E-state index contributed by atoms with van der Waals surface area (Å²) in [6.07, 6.45) is 0.742. The molecule has 8 nitrogen and oxygen atoms in total. The average Bonchev–Trinajstić information content (AvgIpc) is 2.94. The summed E-state index contributed by atoms with van der Waals surface area (Å²) in [6.45, 7) is 0. The number of fused-ring (bicyclic) bond motifs is 2. The topological polar surface area (TPSA) is 102 Å². The number of rotatable bonds is 2. The zero-order valence-corrected chi connectivity index (χ0v) is 10.1. The molecule has 0 aromatic carbocycles. The highest BCUT2D eigenvalue weighted by atomic mass is 16.5. The Balaban J connectivity index is 2.11. The van der Waals surface area contributed by atoms with Gasteiger partial charge in [-0.15, -0.1) is 0 Å². The predicted molar refractivity (Wildman–Crippen MR) is 60.6 cm³/mol. The molecule has 100 valence electrons. The largest absolute Gasteiger partial charge is 0.477 e. The number of hydrogen-bond donors (Lipinski definition) is 1. The Bertz CT molecular complexity index is 571. The normalized spacial score (nSPS) is 26.1. The van der Waals surface area contributed by atoms with Crippen molar-refractivity contribution in [1.82, 2.24) is 9.78 Å². The molecule has 1 aromatic rings. The van der Waals surface area contributed by atoms with Gasteiger partial charge >= 0.3 is 5.97 Å². The molecule has 2 saturated heterocycles. The Kier molecular flexibility index (Phi) is 2.42. The van der Waals surface area contributed by atoms with Crippen molar-refractivity contribution in [3.05, 3.63) is 11.8 Å². The smallest absolute Gasteiger partial charge is 0.341 e. The Morgan fingerprint density at radius 2 is 1.95 bits per heavy atom. The first kappa shape index (κ1) is 11.8. The summed E-state index contributed by atoms with van der Waals surface area (Å²) in [7, 11) is 1.49. The first-order chi connectivity index (χ1) is 9.00. The van der Waals surface area contributed by atoms with Gasteiger partial charge in [-0.1, -0.05) is 0 Å². The van der Waals surface area contributed by atoms with Gasteiger partial charge < -0.3 is 9.84 Å². The van der Waals surface area contributed by atoms with Crippen LogP contribution in [0.1, 0.15) is 23.2 Å². The standard InChI is InChI=1S/C11H11N3O5/c1-13-8(5(4-12-13)11(17)18)14-9(15)6-2-3-7(19-6)10(14)16/h4,6-7H,2-3H2,1H3,(H,17,18). The van der Waals surface area contributed by atoms with Crippen molar-refractivity contribution in [3.8, 4) is 0 Å². The second kappa shape index (κ2) is 3.89. The van der Waals surface area contributed by atoms with Gasteiger partial charge in [0.2, 0.25) is 0 Å². The second-order valence-electron chi connectivity index (χ2n) is 4.51. The van der Waals surface area contributed by atoms with E-state index < -0.39 is 30.0 Å². The maximum atomic E-state index is 12.2. The molecule has 2 atom stereocenters. The summed E-state index contributed by atoms with van der Waals surface area (Å²) < 4.78 is 6.48. The van der Waals surface area contributed by atoms with Gasteiger partial charge in [0.15, 0.2) is 5.82 Å². The number of aromatic carboxylic acids is 1. The molecule has 3 heterocycles. The Morgan fingerprint density at radius 1 is 1.37 bits per heavy atom. The molecule has 2 aliphatic rings. The van der Waals surface area contributed by atoms with Crippen molar-refractivity contribution < 1.29 is 24.2 Å². The van der Waals surface area contributed by atoms with E-state index in [2.05, 4.69) is 5.10 Å². The van der Waals surface area contributed by atoms with Crippen LogP contribution in [0.2, 0.25) is 0 Å². The number of carbonyl (C=O) groups excluding carboxylic acids is 2. The van der Waals surface area contributed by atoms with E-state index in [4.69, 9.17) is 9.84 Å². The molecule has 2 unspecified atom stereocenters. The number of aromatic nitrogens is 2. The highest BCUT2D eigenvalue weighted by Gasteiger charge is 2.48. The summed E-state index contributed by atoms with van der Waals surface area (Å²) in [4.78, 5) is 36.4. The van der Waals surface area contributed by atoms with E-state index in [-0.39, 0.29) is 11.4 Å². The summed E-state index contributed by atoms with van der Waals surface area (Å²) >= 11 is 0. The lowest BCUT2D eigenvalue weighted by Crippen LogP contribution is -2.53. The van der Waals surface area contributed by atoms with Gasteiger partial charge in [-0.2, -0.15) is 5.10 Å². The van der Waals surface area contributed by atoms with Crippen LogP contribution in [0.4, 0.5) is 5.82 Å². The lowest BCUT2D eigenvalue weighted by atomic mass is 10.2. The summed E-state index contributed by atoms with van der Waals surface area (Å²) in [6, 6.07) is 0. The number of carboxylic acids is 1. The minimum Gasteiger partial charge on any atom is -0.477 e. The molecule has 19 heavy (non-hydrogen) atoms. The maximum absolute atomic E-state index is 12.2. The lowest BCUT2D eigenvalue weighted by Gasteiger charge is -2.29. The van der Waals surface area contributed by atoms with E-state index in [1.165, 1.54) is 11.7 Å². The van der Waals surface area contributed by atoms with E-state index in [1.54, 1.807) is 0 Å². The predicted octanol–water partition coefficient (Wildman–Crippen LogP) is -0.461. The number of anilines is 1. The van der Waals surface area contributed by atoms with Crippen LogP contribution in [0, 0.1) is 0 Å². The van der Waals surface area contributed by atoms with Crippen molar-refractivity contribution in [3.63, 3.8) is 0 Å². The van der Waals surface area contributed by atoms with Crippen molar-refractivity contribution in [2.45, 2.75) is 25.0 Å². The van der Waals surface area contributed by atoms with Crippen LogP contribution in [-0.2, 0) is 21.4 Å². The minimum absolute atomic E-state index is 0.0114. The number of imide groups is 1. The van der Waals surface area contributed by atoms with Crippen LogP contribution in [-0.4, -0.2) is 44.9 Å². The number of carboxylic acid groups (broad SMARTS) is 1. The molecule has 2 aliphatic heterocycles. The average molecular weight is 265 g/mol. The van der Waals surface area contributed by atoms with Crippen LogP contribution in [0.15, 0.2) is 6.20 Å². The Hall–Kier alpha value is -2.22. The second-order valence-corrected chi connectivity index (χ2v) is 4.51. The Morgan fingerprint density at radius 3 is 2.47 bits per heavy atom. The number of carbonyl (C=O) groups is 3. The molecule has 0 spiro atoms. The van der Waals surface area contributed by atoms with Crippen molar-refractivity contribution >= 4 is 23.6 Å². The van der Waals surface area contributed by atoms with E-state index in [1.807, 2.05) is 0 Å². The number of amides is 2. The number of morpholine rings is 1. The minimum atomic E-state index is -1.23. The van der Waals surface area contributed by atoms with Crippen molar-refractivity contribution in [2.75, 3.05) is 4.90 Å². The van der Waals surface area contributed by atoms with E-state index in [9.17, 15) is 14.4 Å². The molecule has 3 rings (SSSR count). The van der Waals surface area contributed by atoms with Gasteiger partial charge in [-0.3, -0.25) is 14.3 Å². The fraction of sp³-hybridized carbons (Fsp3) is 0.455. The highest BCUT2D eigenvalue weighted by Crippen LogP contribution is 2.32. The van der Waals surface area contributed by atoms with Crippen LogP contribution in [0.3, 0.4) is 0 Å². The van der Waals surface area contributed by atoms with Crippen molar-refractivity contribution in [2.24, 2.45) is 7.05 Å². The van der Waals surface area contributed by atoms with Crippen LogP contribution in [0.25, 0.3) is 0 Å². The monoisotopic (exact) mass is 265 g/mol. The summed E-state index contributed by atoms with van der Waals surface area (Å²) in [5.74, 6) is -2.29. The summed E-state index contributed by atoms with van der Waals surface area (Å²) in [5.41, 5.74) is -0.175. The van der Waals surface area contributed by atoms with Gasteiger partial charge in [0.1, 0.15) is 17.8 Å². The molecule has 1 N–H and O–H groups in total. The summed E-state index contributed by atoms with van der Waals surface area (Å²) in [5, 5.41) is 12.9. The SMILES string of the molecule is Cn1ncc(C(=O)O)c1N1C(=O)C2CCC(O2)C1=O. The number of ether oxygens (including phenoxy) is 1. The molecule has 0 saturated carbocycles. The quantitative estimate of drug-likeness (QED) is 0.726. The van der Waals surface area contributed by atoms with Gasteiger partial charge in [0.25, 0.3) is 11.8 Å². The first-order valence-electron chi connectivity index (χ1n) is 5.79. The molecular formula is C11H11N3O5. The van der Waals surface area contributed by atoms with E-state index in [0.717, 1.165) is 11.1 Å². The van der Waals surface area contributed by atoms with Crippen LogP contribution >= 0.6 is 0 Å². The van der Waals surface area contributed by atoms with Gasteiger partial charge in [-0.05, 0) is 12.8 Å². The number of nitrogens with zero attached hydrogens (tertiary/aromatic N) is 3. The highest BCUT2D eigenvalue weighted by molar-refractivity contribution is 6.21. The van der Waals surface area contributed by atoms with E-state index in [0.29, 0.717) is 12.8 Å².